The highest BCUT2D eigenvalue weighted by molar-refractivity contribution is 6.27. The highest BCUT2D eigenvalue weighted by Crippen LogP contribution is 2.50. The minimum Gasteiger partial charge on any atom is -0.309 e. The first-order chi connectivity index (χ1) is 37.8. The van der Waals surface area contributed by atoms with E-state index in [1.807, 2.05) is 0 Å². The van der Waals surface area contributed by atoms with Crippen molar-refractivity contribution < 1.29 is 0 Å². The van der Waals surface area contributed by atoms with Crippen molar-refractivity contribution in [1.82, 2.24) is 4.57 Å². The molecule has 1 heterocycles. The SMILES string of the molecule is CC(C)(C)c1ccc(-c2ccc(-c3cc(C(C)(C)C)ccc3N(c3cc(-c4cc(C(C)(C)C)cc(C(C)(C)C)c4)cc(C(C)(C)C)c3)c3ccc4ccc5c(-n6c7ccccc7c7ccccc76)ccc6ccc3c4c65)cc2)cc1. The van der Waals surface area contributed by atoms with Crippen LogP contribution in [0, 0.1) is 0 Å². The lowest BCUT2D eigenvalue weighted by Gasteiger charge is -2.33. The van der Waals surface area contributed by atoms with Crippen LogP contribution in [0.1, 0.15) is 132 Å². The summed E-state index contributed by atoms with van der Waals surface area (Å²) in [5, 5.41) is 10.0. The van der Waals surface area contributed by atoms with Crippen LogP contribution in [0.2, 0.25) is 0 Å². The molecule has 80 heavy (non-hydrogen) atoms. The molecular weight excluding hydrogens is 965 g/mol. The van der Waals surface area contributed by atoms with E-state index in [4.69, 9.17) is 0 Å². The number of aromatic nitrogens is 1. The third-order valence-electron chi connectivity index (χ3n) is 17.1. The van der Waals surface area contributed by atoms with Gasteiger partial charge in [0, 0.05) is 32.8 Å². The molecule has 0 N–H and O–H groups in total. The molecular formula is C78H78N2. The Balaban J connectivity index is 1.15. The lowest BCUT2D eigenvalue weighted by atomic mass is 9.78. The molecule has 0 saturated heterocycles. The van der Waals surface area contributed by atoms with Gasteiger partial charge >= 0.3 is 0 Å². The first-order valence-corrected chi connectivity index (χ1v) is 29.0. The average molecular weight is 1040 g/mol. The van der Waals surface area contributed by atoms with Gasteiger partial charge in [-0.3, -0.25) is 0 Å². The summed E-state index contributed by atoms with van der Waals surface area (Å²) in [4.78, 5) is 2.61. The lowest BCUT2D eigenvalue weighted by molar-refractivity contribution is 0.569. The Morgan fingerprint density at radius 2 is 0.713 bits per heavy atom. The molecule has 0 radical (unpaired) electrons. The van der Waals surface area contributed by atoms with Crippen LogP contribution in [0.15, 0.2) is 200 Å². The molecule has 400 valence electrons. The van der Waals surface area contributed by atoms with Crippen molar-refractivity contribution >= 4 is 71.2 Å². The Kier molecular flexibility index (Phi) is 12.4. The Morgan fingerprint density at radius 3 is 1.26 bits per heavy atom. The van der Waals surface area contributed by atoms with Crippen LogP contribution in [0.3, 0.4) is 0 Å². The molecule has 0 amide bonds. The molecule has 2 heteroatoms. The molecule has 0 saturated carbocycles. The molecule has 12 rings (SSSR count). The van der Waals surface area contributed by atoms with E-state index >= 15 is 0 Å². The maximum atomic E-state index is 2.61. The standard InChI is InChI=1S/C78H78N2/c1-74(2,3)56-34-28-50(29-35-56)49-24-26-51(27-25-49)66-48-57(75(4,5)6)36-41-71(66)79(61-45-55(44-60(47-61)78(13,14)15)54-42-58(76(7,8)9)46-59(43-54)77(10,11)12)69-39-32-52-31-38-65-70(40-33-53-30-37-64(69)72(52)73(53)65)80-67-22-18-16-20-62(67)63-21-17-19-23-68(63)80/h16-48H,1-15H3. The zero-order valence-corrected chi connectivity index (χ0v) is 49.9. The quantitative estimate of drug-likeness (QED) is 0.144. The Morgan fingerprint density at radius 1 is 0.287 bits per heavy atom. The second-order valence-electron chi connectivity index (χ2n) is 28.0. The van der Waals surface area contributed by atoms with Crippen LogP contribution in [0.4, 0.5) is 17.1 Å². The van der Waals surface area contributed by atoms with Gasteiger partial charge in [-0.2, -0.15) is 0 Å². The summed E-state index contributed by atoms with van der Waals surface area (Å²) in [6, 6.07) is 77.1. The monoisotopic (exact) mass is 1040 g/mol. The summed E-state index contributed by atoms with van der Waals surface area (Å²) in [7, 11) is 0. The molecule has 0 fully saturated rings. The molecule has 0 atom stereocenters. The van der Waals surface area contributed by atoms with Crippen molar-refractivity contribution in [2.24, 2.45) is 0 Å². The van der Waals surface area contributed by atoms with Gasteiger partial charge < -0.3 is 9.47 Å². The Bertz CT molecular complexity index is 4250. The largest absolute Gasteiger partial charge is 0.309 e. The smallest absolute Gasteiger partial charge is 0.0541 e. The summed E-state index contributed by atoms with van der Waals surface area (Å²) in [5.74, 6) is 0. The third-order valence-corrected chi connectivity index (χ3v) is 17.1. The lowest BCUT2D eigenvalue weighted by Crippen LogP contribution is -2.18. The number of para-hydroxylation sites is 2. The van der Waals surface area contributed by atoms with Gasteiger partial charge in [0.05, 0.1) is 28.1 Å². The number of nitrogens with zero attached hydrogens (tertiary/aromatic N) is 2. The number of fused-ring (bicyclic) bond motifs is 3. The van der Waals surface area contributed by atoms with Crippen molar-refractivity contribution in [1.29, 1.82) is 0 Å². The van der Waals surface area contributed by atoms with Crippen molar-refractivity contribution in [3.63, 3.8) is 0 Å². The van der Waals surface area contributed by atoms with E-state index in [9.17, 15) is 0 Å². The van der Waals surface area contributed by atoms with Crippen LogP contribution >= 0.6 is 0 Å². The van der Waals surface area contributed by atoms with E-state index in [1.165, 1.54) is 121 Å². The molecule has 1 aromatic heterocycles. The molecule has 0 bridgehead atoms. The maximum Gasteiger partial charge on any atom is 0.0541 e. The Hall–Kier alpha value is -7.94. The predicted octanol–water partition coefficient (Wildman–Crippen LogP) is 22.6. The average Bonchev–Trinajstić information content (AvgIpc) is 3.81. The summed E-state index contributed by atoms with van der Waals surface area (Å²) in [6.07, 6.45) is 0. The van der Waals surface area contributed by atoms with Gasteiger partial charge in [0.2, 0.25) is 0 Å². The fourth-order valence-electron chi connectivity index (χ4n) is 12.2. The minimum absolute atomic E-state index is 0.0369. The van der Waals surface area contributed by atoms with Crippen molar-refractivity contribution in [3.05, 3.63) is 228 Å². The van der Waals surface area contributed by atoms with Crippen LogP contribution in [-0.2, 0) is 27.1 Å². The fraction of sp³-hybridized carbons (Fsp3) is 0.256. The second kappa shape index (κ2) is 18.8. The second-order valence-corrected chi connectivity index (χ2v) is 28.0. The van der Waals surface area contributed by atoms with Gasteiger partial charge in [0.25, 0.3) is 0 Å². The molecule has 0 aliphatic carbocycles. The van der Waals surface area contributed by atoms with Crippen LogP contribution in [0.5, 0.6) is 0 Å². The van der Waals surface area contributed by atoms with Gasteiger partial charge in [-0.1, -0.05) is 256 Å². The first-order valence-electron chi connectivity index (χ1n) is 29.0. The van der Waals surface area contributed by atoms with Crippen molar-refractivity contribution in [3.8, 4) is 39.1 Å². The first kappa shape index (κ1) is 52.7. The molecule has 11 aromatic carbocycles. The van der Waals surface area contributed by atoms with Crippen molar-refractivity contribution in [2.45, 2.75) is 131 Å². The number of benzene rings is 11. The van der Waals surface area contributed by atoms with Gasteiger partial charge in [0.1, 0.15) is 0 Å². The molecule has 0 spiro atoms. The highest BCUT2D eigenvalue weighted by atomic mass is 15.1. The van der Waals surface area contributed by atoms with E-state index in [0.717, 1.165) is 17.1 Å². The number of rotatable bonds is 7. The number of anilines is 3. The zero-order valence-electron chi connectivity index (χ0n) is 49.9. The predicted molar refractivity (Wildman–Crippen MR) is 349 cm³/mol. The van der Waals surface area contributed by atoms with E-state index < -0.39 is 0 Å². The molecule has 0 aliphatic rings. The maximum absolute atomic E-state index is 2.61. The summed E-state index contributed by atoms with van der Waals surface area (Å²) in [6.45, 7) is 35.0. The molecule has 12 aromatic rings. The van der Waals surface area contributed by atoms with Gasteiger partial charge in [-0.05, 0) is 153 Å². The van der Waals surface area contributed by atoms with Crippen LogP contribution in [0.25, 0.3) is 93.2 Å². The highest BCUT2D eigenvalue weighted by Gasteiger charge is 2.28. The zero-order chi connectivity index (χ0) is 56.4. The number of hydrogen-bond acceptors (Lipinski definition) is 1. The van der Waals surface area contributed by atoms with Gasteiger partial charge in [-0.25, -0.2) is 0 Å². The topological polar surface area (TPSA) is 8.17 Å². The van der Waals surface area contributed by atoms with E-state index in [-0.39, 0.29) is 27.1 Å². The van der Waals surface area contributed by atoms with E-state index in [1.54, 1.807) is 0 Å². The fourth-order valence-corrected chi connectivity index (χ4v) is 12.2. The van der Waals surface area contributed by atoms with Crippen molar-refractivity contribution in [2.75, 3.05) is 4.90 Å². The third kappa shape index (κ3) is 9.35. The van der Waals surface area contributed by atoms with Crippen LogP contribution in [-0.4, -0.2) is 4.57 Å². The van der Waals surface area contributed by atoms with E-state index in [0.29, 0.717) is 0 Å². The molecule has 2 nitrogen and oxygen atoms in total. The molecule has 0 unspecified atom stereocenters. The molecule has 0 aliphatic heterocycles. The number of hydrogen-bond donors (Lipinski definition) is 0. The van der Waals surface area contributed by atoms with Crippen LogP contribution < -0.4 is 4.90 Å². The summed E-state index contributed by atoms with van der Waals surface area (Å²) < 4.78 is 2.48. The van der Waals surface area contributed by atoms with Gasteiger partial charge in [0.15, 0.2) is 0 Å². The minimum atomic E-state index is -0.156. The Labute approximate surface area is 476 Å². The van der Waals surface area contributed by atoms with E-state index in [2.05, 4.69) is 314 Å². The summed E-state index contributed by atoms with van der Waals surface area (Å²) >= 11 is 0. The van der Waals surface area contributed by atoms with Gasteiger partial charge in [-0.15, -0.1) is 0 Å². The summed E-state index contributed by atoms with van der Waals surface area (Å²) in [5.41, 5.74) is 20.7. The normalized spacial score (nSPS) is 12.9.